The van der Waals surface area contributed by atoms with Crippen LogP contribution in [0.3, 0.4) is 0 Å². The number of H-pyrrole nitrogens is 1. The molecule has 0 bridgehead atoms. The van der Waals surface area contributed by atoms with Gasteiger partial charge in [0, 0.05) is 11.7 Å². The number of nitrogens with one attached hydrogen (secondary N) is 1. The lowest BCUT2D eigenvalue weighted by Gasteiger charge is -2.07. The number of fused-ring (bicyclic) bond motifs is 1. The van der Waals surface area contributed by atoms with Crippen LogP contribution < -0.4 is 0 Å². The van der Waals surface area contributed by atoms with Gasteiger partial charge in [-0.3, -0.25) is 0 Å². The van der Waals surface area contributed by atoms with E-state index in [1.165, 1.54) is 5.39 Å². The molecule has 2 N–H and O–H groups in total. The molecule has 0 amide bonds. The molecule has 2 heteroatoms. The summed E-state index contributed by atoms with van der Waals surface area (Å²) in [6.45, 7) is 0.0684. The van der Waals surface area contributed by atoms with E-state index in [1.807, 2.05) is 30.5 Å². The topological polar surface area (TPSA) is 36.0 Å². The molecule has 0 radical (unpaired) electrons. The molecule has 0 aliphatic carbocycles. The highest BCUT2D eigenvalue weighted by Crippen LogP contribution is 2.26. The van der Waals surface area contributed by atoms with Crippen LogP contribution in [0.25, 0.3) is 22.0 Å². The summed E-state index contributed by atoms with van der Waals surface area (Å²) in [5, 5.41) is 10.5. The summed E-state index contributed by atoms with van der Waals surface area (Å²) in [6, 6.07) is 16.3. The first kappa shape index (κ1) is 10.1. The van der Waals surface area contributed by atoms with Crippen LogP contribution in [-0.4, -0.2) is 10.1 Å². The number of hydrogen-bond donors (Lipinski definition) is 2. The minimum atomic E-state index is 0.0684. The van der Waals surface area contributed by atoms with Crippen molar-refractivity contribution in [3.05, 3.63) is 60.3 Å². The van der Waals surface area contributed by atoms with Crippen molar-refractivity contribution in [3.8, 4) is 11.1 Å². The molecule has 0 aliphatic rings. The average Bonchev–Trinajstić information content (AvgIpc) is 2.85. The van der Waals surface area contributed by atoms with E-state index >= 15 is 0 Å². The largest absolute Gasteiger partial charge is 0.392 e. The summed E-state index contributed by atoms with van der Waals surface area (Å²) >= 11 is 0. The molecule has 0 fully saturated rings. The van der Waals surface area contributed by atoms with Gasteiger partial charge in [0.05, 0.1) is 6.61 Å². The second kappa shape index (κ2) is 4.07. The smallest absolute Gasteiger partial charge is 0.0687 e. The summed E-state index contributed by atoms with van der Waals surface area (Å²) in [6.07, 6.45) is 1.94. The second-order valence-electron chi connectivity index (χ2n) is 4.09. The molecule has 0 saturated carbocycles. The van der Waals surface area contributed by atoms with Gasteiger partial charge >= 0.3 is 0 Å². The zero-order chi connectivity index (χ0) is 11.7. The third-order valence-electron chi connectivity index (χ3n) is 3.05. The van der Waals surface area contributed by atoms with Gasteiger partial charge in [-0.2, -0.15) is 0 Å². The van der Waals surface area contributed by atoms with Gasteiger partial charge in [0.1, 0.15) is 0 Å². The van der Waals surface area contributed by atoms with Crippen LogP contribution in [0.4, 0.5) is 0 Å². The van der Waals surface area contributed by atoms with Gasteiger partial charge in [0.15, 0.2) is 0 Å². The Hall–Kier alpha value is -2.06. The Balaban J connectivity index is 2.19. The van der Waals surface area contributed by atoms with E-state index in [1.54, 1.807) is 0 Å². The fourth-order valence-electron chi connectivity index (χ4n) is 2.16. The van der Waals surface area contributed by atoms with Crippen LogP contribution in [0.2, 0.25) is 0 Å². The van der Waals surface area contributed by atoms with E-state index < -0.39 is 0 Å². The summed E-state index contributed by atoms with van der Waals surface area (Å²) in [5.41, 5.74) is 4.30. The lowest BCUT2D eigenvalue weighted by atomic mass is 9.99. The zero-order valence-corrected chi connectivity index (χ0v) is 9.35. The van der Waals surface area contributed by atoms with Crippen LogP contribution in [0.5, 0.6) is 0 Å². The van der Waals surface area contributed by atoms with E-state index in [0.29, 0.717) is 0 Å². The van der Waals surface area contributed by atoms with Crippen LogP contribution >= 0.6 is 0 Å². The maximum Gasteiger partial charge on any atom is 0.0687 e. The van der Waals surface area contributed by atoms with Crippen molar-refractivity contribution >= 4 is 10.9 Å². The molecule has 2 nitrogen and oxygen atoms in total. The standard InChI is InChI=1S/C15H13NO/c17-10-13-3-1-2-4-14(13)12-6-5-11-7-8-16-15(11)9-12/h1-9,16-17H,10H2. The minimum Gasteiger partial charge on any atom is -0.392 e. The highest BCUT2D eigenvalue weighted by atomic mass is 16.3. The van der Waals surface area contributed by atoms with Gasteiger partial charge in [-0.15, -0.1) is 0 Å². The number of rotatable bonds is 2. The highest BCUT2D eigenvalue weighted by Gasteiger charge is 2.04. The van der Waals surface area contributed by atoms with Gasteiger partial charge < -0.3 is 10.1 Å². The van der Waals surface area contributed by atoms with Crippen molar-refractivity contribution in [1.82, 2.24) is 4.98 Å². The number of aliphatic hydroxyl groups excluding tert-OH is 1. The molecule has 17 heavy (non-hydrogen) atoms. The number of hydrogen-bond acceptors (Lipinski definition) is 1. The number of aromatic nitrogens is 1. The summed E-state index contributed by atoms with van der Waals surface area (Å²) in [5.74, 6) is 0. The normalized spacial score (nSPS) is 10.9. The Kier molecular flexibility index (Phi) is 2.42. The Labute approximate surface area is 99.5 Å². The molecule has 0 atom stereocenters. The van der Waals surface area contributed by atoms with Crippen molar-refractivity contribution in [1.29, 1.82) is 0 Å². The molecule has 0 aliphatic heterocycles. The number of aromatic amines is 1. The van der Waals surface area contributed by atoms with E-state index in [0.717, 1.165) is 22.2 Å². The second-order valence-corrected chi connectivity index (χ2v) is 4.09. The van der Waals surface area contributed by atoms with Gasteiger partial charge in [0.2, 0.25) is 0 Å². The summed E-state index contributed by atoms with van der Waals surface area (Å²) in [4.78, 5) is 3.20. The third-order valence-corrected chi connectivity index (χ3v) is 3.05. The summed E-state index contributed by atoms with van der Waals surface area (Å²) < 4.78 is 0. The fraction of sp³-hybridized carbons (Fsp3) is 0.0667. The molecular weight excluding hydrogens is 210 g/mol. The van der Waals surface area contributed by atoms with Crippen molar-refractivity contribution in [2.24, 2.45) is 0 Å². The van der Waals surface area contributed by atoms with Gasteiger partial charge in [-0.1, -0.05) is 36.4 Å². The lowest BCUT2D eigenvalue weighted by molar-refractivity contribution is 0.282. The molecule has 1 aromatic heterocycles. The third kappa shape index (κ3) is 1.73. The first-order chi connectivity index (χ1) is 8.38. The highest BCUT2D eigenvalue weighted by molar-refractivity contribution is 5.85. The average molecular weight is 223 g/mol. The predicted octanol–water partition coefficient (Wildman–Crippen LogP) is 3.33. The first-order valence-electron chi connectivity index (χ1n) is 5.65. The zero-order valence-electron chi connectivity index (χ0n) is 9.35. The SMILES string of the molecule is OCc1ccccc1-c1ccc2cc[nH]c2c1. The van der Waals surface area contributed by atoms with Gasteiger partial charge in [-0.05, 0) is 34.2 Å². The number of aliphatic hydroxyl groups is 1. The molecule has 3 aromatic rings. The molecule has 2 aromatic carbocycles. The Morgan fingerprint density at radius 1 is 1.00 bits per heavy atom. The van der Waals surface area contributed by atoms with E-state index in [2.05, 4.69) is 29.2 Å². The van der Waals surface area contributed by atoms with Crippen molar-refractivity contribution in [2.45, 2.75) is 6.61 Å². The molecule has 84 valence electrons. The van der Waals surface area contributed by atoms with Crippen LogP contribution in [-0.2, 0) is 6.61 Å². The van der Waals surface area contributed by atoms with E-state index in [-0.39, 0.29) is 6.61 Å². The Bertz CT molecular complexity index is 655. The minimum absolute atomic E-state index is 0.0684. The molecule has 0 unspecified atom stereocenters. The van der Waals surface area contributed by atoms with Crippen molar-refractivity contribution in [3.63, 3.8) is 0 Å². The predicted molar refractivity (Wildman–Crippen MR) is 69.7 cm³/mol. The van der Waals surface area contributed by atoms with Crippen molar-refractivity contribution in [2.75, 3.05) is 0 Å². The maximum atomic E-state index is 9.35. The molecule has 0 spiro atoms. The number of benzene rings is 2. The molecule has 3 rings (SSSR count). The van der Waals surface area contributed by atoms with Crippen molar-refractivity contribution < 1.29 is 5.11 Å². The van der Waals surface area contributed by atoms with E-state index in [9.17, 15) is 5.11 Å². The molecule has 0 saturated heterocycles. The van der Waals surface area contributed by atoms with Gasteiger partial charge in [0.25, 0.3) is 0 Å². The van der Waals surface area contributed by atoms with Crippen LogP contribution in [0, 0.1) is 0 Å². The lowest BCUT2D eigenvalue weighted by Crippen LogP contribution is -1.88. The quantitative estimate of drug-likeness (QED) is 0.686. The van der Waals surface area contributed by atoms with E-state index in [4.69, 9.17) is 0 Å². The van der Waals surface area contributed by atoms with Crippen LogP contribution in [0.15, 0.2) is 54.7 Å². The summed E-state index contributed by atoms with van der Waals surface area (Å²) in [7, 11) is 0. The Morgan fingerprint density at radius 3 is 2.76 bits per heavy atom. The maximum absolute atomic E-state index is 9.35. The Morgan fingerprint density at radius 2 is 1.88 bits per heavy atom. The monoisotopic (exact) mass is 223 g/mol. The fourth-order valence-corrected chi connectivity index (χ4v) is 2.16. The molecule has 1 heterocycles. The van der Waals surface area contributed by atoms with Gasteiger partial charge in [-0.25, -0.2) is 0 Å². The van der Waals surface area contributed by atoms with Crippen LogP contribution in [0.1, 0.15) is 5.56 Å². The first-order valence-corrected chi connectivity index (χ1v) is 5.65. The molecular formula is C15H13NO.